The first kappa shape index (κ1) is 31.7. The zero-order valence-electron chi connectivity index (χ0n) is 25.2. The number of hydrogen-bond acceptors (Lipinski definition) is 7. The summed E-state index contributed by atoms with van der Waals surface area (Å²) in [4.78, 5) is 57.1. The molecule has 2 aromatic rings. The molecule has 2 aliphatic carbocycles. The van der Waals surface area contributed by atoms with Gasteiger partial charge in [-0.25, -0.2) is 0 Å². The Morgan fingerprint density at radius 3 is 2.35 bits per heavy atom. The van der Waals surface area contributed by atoms with Gasteiger partial charge in [-0.2, -0.15) is 0 Å². The van der Waals surface area contributed by atoms with Crippen LogP contribution in [0.15, 0.2) is 60.2 Å². The highest BCUT2D eigenvalue weighted by molar-refractivity contribution is 9.09. The van der Waals surface area contributed by atoms with Crippen molar-refractivity contribution in [2.45, 2.75) is 53.9 Å². The number of halogens is 3. The number of alkyl halides is 3. The Hall–Kier alpha value is -2.92. The van der Waals surface area contributed by atoms with Crippen molar-refractivity contribution in [3.05, 3.63) is 71.3 Å². The molecule has 7 rings (SSSR count). The number of rotatable bonds is 6. The van der Waals surface area contributed by atoms with Crippen LogP contribution in [0.5, 0.6) is 11.5 Å². The zero-order valence-corrected chi connectivity index (χ0v) is 28.3. The van der Waals surface area contributed by atoms with Crippen molar-refractivity contribution in [3.63, 3.8) is 0 Å². The number of aromatic hydroxyl groups is 1. The van der Waals surface area contributed by atoms with E-state index in [1.165, 1.54) is 23.6 Å². The van der Waals surface area contributed by atoms with Gasteiger partial charge in [0, 0.05) is 31.6 Å². The van der Waals surface area contributed by atoms with Gasteiger partial charge in [0.15, 0.2) is 21.2 Å². The fourth-order valence-corrected chi connectivity index (χ4v) is 10.0. The summed E-state index contributed by atoms with van der Waals surface area (Å²) in [5, 5.41) is 10.7. The number of carbonyl (C=O) groups excluding carboxylic acids is 4. The number of allylic oxidation sites excluding steroid dienone is 2. The molecule has 2 aromatic carbocycles. The van der Waals surface area contributed by atoms with E-state index in [0.29, 0.717) is 30.4 Å². The molecule has 12 heteroatoms. The second-order valence-corrected chi connectivity index (χ2v) is 14.7. The van der Waals surface area contributed by atoms with E-state index in [1.54, 1.807) is 12.1 Å². The van der Waals surface area contributed by atoms with Gasteiger partial charge in [-0.3, -0.25) is 33.9 Å². The number of likely N-dealkylation sites (tertiary alicyclic amines) is 3. The molecule has 3 saturated heterocycles. The molecule has 6 unspecified atom stereocenters. The number of benzene rings is 2. The van der Waals surface area contributed by atoms with Gasteiger partial charge in [-0.1, -0.05) is 64.0 Å². The predicted molar refractivity (Wildman–Crippen MR) is 175 cm³/mol. The first-order valence-corrected chi connectivity index (χ1v) is 17.4. The molecule has 4 fully saturated rings. The van der Waals surface area contributed by atoms with Crippen LogP contribution >= 0.6 is 39.1 Å². The number of nitrogens with zero attached hydrogens (tertiary/aromatic N) is 3. The van der Waals surface area contributed by atoms with Crippen LogP contribution in [0.1, 0.15) is 42.7 Å². The summed E-state index contributed by atoms with van der Waals surface area (Å²) in [5.41, 5.74) is 2.28. The second-order valence-electron chi connectivity index (χ2n) is 13.0. The summed E-state index contributed by atoms with van der Waals surface area (Å²) in [6.45, 7) is 2.34. The highest BCUT2D eigenvalue weighted by Crippen LogP contribution is 2.65. The Balaban J connectivity index is 1.22. The molecule has 3 aliphatic heterocycles. The quantitative estimate of drug-likeness (QED) is 0.198. The smallest absolute Gasteiger partial charge is 0.254 e. The standard InChI is InChI=1S/C34H34BrCl2N3O6/c1-46-26-10-7-20(15-25(26)41)28-22-8-9-23-27(24(22)16-33(36)31(44)39(18-35)32(45)34(28,33)37)30(43)40(29(23)42)21-11-13-38(14-12-21)17-19-5-3-2-4-6-19/h2-8,10,15,21,23-24,27-28,41H,9,11-14,16-18H2,1H3. The molecule has 9 nitrogen and oxygen atoms in total. The highest BCUT2D eigenvalue weighted by atomic mass is 79.9. The maximum Gasteiger partial charge on any atom is 0.254 e. The SMILES string of the molecule is COc1ccc(C2C3=CCC4C(=O)N(C5CCN(Cc6ccccc6)CC5)C(=O)C4C3CC3(Cl)C(=O)N(CBr)C(=O)C23Cl)cc1O. The fourth-order valence-electron chi connectivity index (χ4n) is 8.57. The molecular weight excluding hydrogens is 697 g/mol. The number of carbonyl (C=O) groups is 4. The number of fused-ring (bicyclic) bond motifs is 4. The van der Waals surface area contributed by atoms with Crippen LogP contribution in [0, 0.1) is 17.8 Å². The molecule has 1 saturated carbocycles. The fraction of sp³-hybridized carbons (Fsp3) is 0.471. The van der Waals surface area contributed by atoms with Crippen LogP contribution in [-0.2, 0) is 25.7 Å². The van der Waals surface area contributed by atoms with E-state index >= 15 is 0 Å². The van der Waals surface area contributed by atoms with Gasteiger partial charge < -0.3 is 9.84 Å². The van der Waals surface area contributed by atoms with Crippen molar-refractivity contribution in [2.24, 2.45) is 17.8 Å². The van der Waals surface area contributed by atoms with E-state index < -0.39 is 45.2 Å². The zero-order chi connectivity index (χ0) is 32.5. The molecule has 242 valence electrons. The Bertz CT molecular complexity index is 1650. The number of ether oxygens (including phenoxy) is 1. The Morgan fingerprint density at radius 2 is 1.70 bits per heavy atom. The van der Waals surface area contributed by atoms with E-state index in [2.05, 4.69) is 33.0 Å². The minimum Gasteiger partial charge on any atom is -0.504 e. The average molecular weight is 731 g/mol. The molecule has 1 N–H and O–H groups in total. The van der Waals surface area contributed by atoms with Crippen molar-refractivity contribution in [1.82, 2.24) is 14.7 Å². The third-order valence-electron chi connectivity index (χ3n) is 10.8. The third kappa shape index (κ3) is 4.50. The van der Waals surface area contributed by atoms with Gasteiger partial charge in [0.1, 0.15) is 0 Å². The van der Waals surface area contributed by atoms with Gasteiger partial charge in [-0.15, -0.1) is 23.2 Å². The van der Waals surface area contributed by atoms with E-state index in [1.807, 2.05) is 24.3 Å². The number of hydrogen-bond donors (Lipinski definition) is 1. The van der Waals surface area contributed by atoms with Crippen molar-refractivity contribution in [3.8, 4) is 11.5 Å². The minimum absolute atomic E-state index is 0.0693. The lowest BCUT2D eigenvalue weighted by Crippen LogP contribution is -2.60. The van der Waals surface area contributed by atoms with Gasteiger partial charge in [0.2, 0.25) is 11.8 Å². The molecule has 0 aromatic heterocycles. The van der Waals surface area contributed by atoms with Crippen molar-refractivity contribution >= 4 is 62.8 Å². The number of amides is 4. The molecule has 0 radical (unpaired) electrons. The van der Waals surface area contributed by atoms with E-state index in [4.69, 9.17) is 27.9 Å². The molecule has 3 heterocycles. The van der Waals surface area contributed by atoms with E-state index in [-0.39, 0.29) is 41.2 Å². The molecular formula is C34H34BrCl2N3O6. The first-order chi connectivity index (χ1) is 22.0. The van der Waals surface area contributed by atoms with Crippen LogP contribution in [-0.4, -0.2) is 84.9 Å². The lowest BCUT2D eigenvalue weighted by Gasteiger charge is -2.50. The number of phenolic OH excluding ortho intramolecular Hbond substituents is 1. The molecule has 4 amide bonds. The van der Waals surface area contributed by atoms with Crippen molar-refractivity contribution in [2.75, 3.05) is 25.7 Å². The van der Waals surface area contributed by atoms with Crippen LogP contribution in [0.4, 0.5) is 0 Å². The van der Waals surface area contributed by atoms with Crippen LogP contribution in [0.2, 0.25) is 0 Å². The van der Waals surface area contributed by atoms with Gasteiger partial charge in [0.25, 0.3) is 11.8 Å². The van der Waals surface area contributed by atoms with Gasteiger partial charge in [-0.05, 0) is 54.9 Å². The normalized spacial score (nSPS) is 33.2. The highest BCUT2D eigenvalue weighted by Gasteiger charge is 2.76. The van der Waals surface area contributed by atoms with E-state index in [0.717, 1.165) is 24.5 Å². The molecule has 46 heavy (non-hydrogen) atoms. The maximum absolute atomic E-state index is 14.4. The lowest BCUT2D eigenvalue weighted by atomic mass is 9.56. The Kier molecular flexibility index (Phi) is 8.02. The van der Waals surface area contributed by atoms with Crippen molar-refractivity contribution < 1.29 is 29.0 Å². The summed E-state index contributed by atoms with van der Waals surface area (Å²) in [6, 6.07) is 14.7. The van der Waals surface area contributed by atoms with Crippen molar-refractivity contribution in [1.29, 1.82) is 0 Å². The van der Waals surface area contributed by atoms with Gasteiger partial charge in [0.05, 0.1) is 24.4 Å². The summed E-state index contributed by atoms with van der Waals surface area (Å²) in [7, 11) is 1.43. The molecule has 0 bridgehead atoms. The Labute approximate surface area is 285 Å². The molecule has 6 atom stereocenters. The minimum atomic E-state index is -1.92. The second kappa shape index (κ2) is 11.6. The first-order valence-electron chi connectivity index (χ1n) is 15.5. The lowest BCUT2D eigenvalue weighted by molar-refractivity contribution is -0.144. The monoisotopic (exact) mass is 729 g/mol. The largest absolute Gasteiger partial charge is 0.504 e. The number of methoxy groups -OCH3 is 1. The van der Waals surface area contributed by atoms with E-state index in [9.17, 15) is 24.3 Å². The molecule has 0 spiro atoms. The maximum atomic E-state index is 14.4. The summed E-state index contributed by atoms with van der Waals surface area (Å²) in [5.74, 6) is -4.54. The number of phenols is 1. The summed E-state index contributed by atoms with van der Waals surface area (Å²) < 4.78 is 5.24. The summed E-state index contributed by atoms with van der Waals surface area (Å²) in [6.07, 6.45) is 3.50. The van der Waals surface area contributed by atoms with Crippen LogP contribution in [0.25, 0.3) is 0 Å². The number of imide groups is 2. The third-order valence-corrected chi connectivity index (χ3v) is 12.7. The van der Waals surface area contributed by atoms with Crippen LogP contribution < -0.4 is 4.74 Å². The Morgan fingerprint density at radius 1 is 0.978 bits per heavy atom. The van der Waals surface area contributed by atoms with Gasteiger partial charge >= 0.3 is 0 Å². The predicted octanol–water partition coefficient (Wildman–Crippen LogP) is 4.78. The molecule has 5 aliphatic rings. The van der Waals surface area contributed by atoms with Crippen LogP contribution in [0.3, 0.4) is 0 Å². The average Bonchev–Trinajstić information content (AvgIpc) is 3.39. The summed E-state index contributed by atoms with van der Waals surface area (Å²) >= 11 is 17.8. The topological polar surface area (TPSA) is 107 Å². The number of piperidine rings is 1.